The summed E-state index contributed by atoms with van der Waals surface area (Å²) in [6, 6.07) is 9.42. The van der Waals surface area contributed by atoms with E-state index in [0.29, 0.717) is 32.0 Å². The Kier molecular flexibility index (Phi) is 4.73. The summed E-state index contributed by atoms with van der Waals surface area (Å²) in [5.74, 6) is 0. The van der Waals surface area contributed by atoms with Crippen molar-refractivity contribution in [2.75, 3.05) is 0 Å². The van der Waals surface area contributed by atoms with Crippen LogP contribution in [0.25, 0.3) is 16.8 Å². The van der Waals surface area contributed by atoms with Crippen LogP contribution >= 0.6 is 34.8 Å². The van der Waals surface area contributed by atoms with Crippen LogP contribution in [0, 0.1) is 24.0 Å². The van der Waals surface area contributed by atoms with Crippen molar-refractivity contribution in [1.82, 2.24) is 9.78 Å². The molecule has 0 bridgehead atoms. The third-order valence-electron chi connectivity index (χ3n) is 3.86. The van der Waals surface area contributed by atoms with Crippen molar-refractivity contribution in [3.8, 4) is 16.8 Å². The molecule has 0 N–H and O–H groups in total. The maximum absolute atomic E-state index is 11.1. The summed E-state index contributed by atoms with van der Waals surface area (Å²) in [4.78, 5) is 10.6. The first-order chi connectivity index (χ1) is 11.8. The van der Waals surface area contributed by atoms with Crippen molar-refractivity contribution >= 4 is 40.5 Å². The van der Waals surface area contributed by atoms with E-state index in [-0.39, 0.29) is 5.69 Å². The van der Waals surface area contributed by atoms with E-state index >= 15 is 0 Å². The van der Waals surface area contributed by atoms with Gasteiger partial charge in [-0.15, -0.1) is 0 Å². The van der Waals surface area contributed by atoms with Crippen LogP contribution in [0.3, 0.4) is 0 Å². The molecule has 1 aromatic heterocycles. The minimum absolute atomic E-state index is 0.0354. The van der Waals surface area contributed by atoms with Gasteiger partial charge in [-0.2, -0.15) is 5.10 Å². The topological polar surface area (TPSA) is 61.0 Å². The zero-order valence-corrected chi connectivity index (χ0v) is 15.5. The number of nitro benzene ring substituents is 1. The first-order valence-corrected chi connectivity index (χ1v) is 8.39. The number of rotatable bonds is 3. The number of benzene rings is 2. The quantitative estimate of drug-likeness (QED) is 0.401. The molecule has 0 saturated heterocycles. The van der Waals surface area contributed by atoms with Gasteiger partial charge in [0.2, 0.25) is 0 Å². The Labute approximate surface area is 158 Å². The zero-order valence-electron chi connectivity index (χ0n) is 13.3. The number of hydrogen-bond acceptors (Lipinski definition) is 3. The van der Waals surface area contributed by atoms with Crippen LogP contribution in [0.5, 0.6) is 0 Å². The third-order valence-corrected chi connectivity index (χ3v) is 4.74. The van der Waals surface area contributed by atoms with E-state index in [4.69, 9.17) is 34.8 Å². The summed E-state index contributed by atoms with van der Waals surface area (Å²) in [7, 11) is 0. The molecule has 0 amide bonds. The van der Waals surface area contributed by atoms with E-state index in [0.717, 1.165) is 11.3 Å². The standard InChI is InChI=1S/C17H12Cl3N3O2/c1-9-17(13-8-12(23(24)25)4-6-14(13)19)10(2)22(21-9)16-7-11(18)3-5-15(16)20/h3-8H,1-2H3. The van der Waals surface area contributed by atoms with Gasteiger partial charge >= 0.3 is 0 Å². The second-order valence-corrected chi connectivity index (χ2v) is 6.73. The van der Waals surface area contributed by atoms with Gasteiger partial charge in [-0.25, -0.2) is 4.68 Å². The van der Waals surface area contributed by atoms with Gasteiger partial charge in [0, 0.05) is 39.0 Å². The fourth-order valence-electron chi connectivity index (χ4n) is 2.73. The molecule has 3 aromatic rings. The summed E-state index contributed by atoms with van der Waals surface area (Å²) < 4.78 is 1.66. The molecular weight excluding hydrogens is 385 g/mol. The number of nitrogens with zero attached hydrogens (tertiary/aromatic N) is 3. The minimum atomic E-state index is -0.456. The number of non-ortho nitro benzene ring substituents is 1. The van der Waals surface area contributed by atoms with Crippen molar-refractivity contribution < 1.29 is 4.92 Å². The molecule has 0 unspecified atom stereocenters. The summed E-state index contributed by atoms with van der Waals surface area (Å²) in [6.45, 7) is 3.66. The van der Waals surface area contributed by atoms with E-state index in [1.165, 1.54) is 18.2 Å². The Bertz CT molecular complexity index is 999. The number of aromatic nitrogens is 2. The Morgan fingerprint density at radius 2 is 1.72 bits per heavy atom. The number of halogens is 3. The lowest BCUT2D eigenvalue weighted by Gasteiger charge is -2.09. The predicted molar refractivity (Wildman–Crippen MR) is 100 cm³/mol. The average Bonchev–Trinajstić information content (AvgIpc) is 2.85. The molecule has 128 valence electrons. The normalized spacial score (nSPS) is 10.9. The lowest BCUT2D eigenvalue weighted by molar-refractivity contribution is -0.384. The molecule has 0 radical (unpaired) electrons. The Hall–Kier alpha value is -2.08. The molecular formula is C17H12Cl3N3O2. The Morgan fingerprint density at radius 1 is 1.04 bits per heavy atom. The molecule has 0 saturated carbocycles. The highest BCUT2D eigenvalue weighted by molar-refractivity contribution is 6.34. The van der Waals surface area contributed by atoms with Crippen LogP contribution in [0.2, 0.25) is 15.1 Å². The highest BCUT2D eigenvalue weighted by Gasteiger charge is 2.20. The summed E-state index contributed by atoms with van der Waals surface area (Å²) in [5, 5.41) is 17.0. The van der Waals surface area contributed by atoms with Crippen LogP contribution < -0.4 is 0 Å². The van der Waals surface area contributed by atoms with Crippen molar-refractivity contribution in [2.24, 2.45) is 0 Å². The van der Waals surface area contributed by atoms with Gasteiger partial charge in [0.15, 0.2) is 0 Å². The molecule has 8 heteroatoms. The van der Waals surface area contributed by atoms with Gasteiger partial charge in [0.1, 0.15) is 0 Å². The van der Waals surface area contributed by atoms with Crippen molar-refractivity contribution in [1.29, 1.82) is 0 Å². The lowest BCUT2D eigenvalue weighted by Crippen LogP contribution is -2.00. The van der Waals surface area contributed by atoms with E-state index in [9.17, 15) is 10.1 Å². The van der Waals surface area contributed by atoms with Crippen molar-refractivity contribution in [3.05, 3.63) is 73.0 Å². The lowest BCUT2D eigenvalue weighted by atomic mass is 10.0. The van der Waals surface area contributed by atoms with Crippen LogP contribution in [-0.2, 0) is 0 Å². The second kappa shape index (κ2) is 6.67. The highest BCUT2D eigenvalue weighted by atomic mass is 35.5. The molecule has 1 heterocycles. The summed E-state index contributed by atoms with van der Waals surface area (Å²) in [6.07, 6.45) is 0. The zero-order chi connectivity index (χ0) is 18.3. The maximum atomic E-state index is 11.1. The highest BCUT2D eigenvalue weighted by Crippen LogP contribution is 2.37. The molecule has 0 fully saturated rings. The van der Waals surface area contributed by atoms with E-state index < -0.39 is 4.92 Å². The van der Waals surface area contributed by atoms with Gasteiger partial charge in [-0.3, -0.25) is 10.1 Å². The molecule has 3 rings (SSSR count). The monoisotopic (exact) mass is 395 g/mol. The van der Waals surface area contributed by atoms with Gasteiger partial charge in [0.05, 0.1) is 21.3 Å². The number of aryl methyl sites for hydroxylation is 1. The van der Waals surface area contributed by atoms with Crippen LogP contribution in [-0.4, -0.2) is 14.7 Å². The van der Waals surface area contributed by atoms with Crippen LogP contribution in [0.4, 0.5) is 5.69 Å². The molecule has 0 aliphatic rings. The fraction of sp³-hybridized carbons (Fsp3) is 0.118. The van der Waals surface area contributed by atoms with Gasteiger partial charge in [-0.1, -0.05) is 34.8 Å². The van der Waals surface area contributed by atoms with Gasteiger partial charge in [0.25, 0.3) is 5.69 Å². The number of hydrogen-bond donors (Lipinski definition) is 0. The molecule has 0 aliphatic heterocycles. The minimum Gasteiger partial charge on any atom is -0.258 e. The summed E-state index contributed by atoms with van der Waals surface area (Å²) in [5.41, 5.74) is 3.30. The van der Waals surface area contributed by atoms with Crippen molar-refractivity contribution in [3.63, 3.8) is 0 Å². The Balaban J connectivity index is 2.24. The van der Waals surface area contributed by atoms with Crippen molar-refractivity contribution in [2.45, 2.75) is 13.8 Å². The SMILES string of the molecule is Cc1nn(-c2cc(Cl)ccc2Cl)c(C)c1-c1cc([N+](=O)[O-])ccc1Cl. The largest absolute Gasteiger partial charge is 0.270 e. The molecule has 0 spiro atoms. The molecule has 0 aliphatic carbocycles. The second-order valence-electron chi connectivity index (χ2n) is 5.47. The molecule has 2 aromatic carbocycles. The van der Waals surface area contributed by atoms with E-state index in [1.54, 1.807) is 22.9 Å². The first-order valence-electron chi connectivity index (χ1n) is 7.25. The maximum Gasteiger partial charge on any atom is 0.270 e. The Morgan fingerprint density at radius 3 is 2.40 bits per heavy atom. The van der Waals surface area contributed by atoms with E-state index in [2.05, 4.69) is 5.10 Å². The smallest absolute Gasteiger partial charge is 0.258 e. The van der Waals surface area contributed by atoms with Crippen LogP contribution in [0.1, 0.15) is 11.4 Å². The molecule has 0 atom stereocenters. The van der Waals surface area contributed by atoms with Gasteiger partial charge < -0.3 is 0 Å². The number of nitro groups is 1. The third kappa shape index (κ3) is 3.23. The van der Waals surface area contributed by atoms with Crippen LogP contribution in [0.15, 0.2) is 36.4 Å². The predicted octanol–water partition coefficient (Wildman–Crippen LogP) is 6.02. The van der Waals surface area contributed by atoms with Gasteiger partial charge in [-0.05, 0) is 38.1 Å². The summed E-state index contributed by atoms with van der Waals surface area (Å²) >= 11 is 18.6. The molecule has 25 heavy (non-hydrogen) atoms. The average molecular weight is 397 g/mol. The first kappa shape index (κ1) is 17.7. The molecule has 5 nitrogen and oxygen atoms in total. The van der Waals surface area contributed by atoms with E-state index in [1.807, 2.05) is 13.8 Å². The fourth-order valence-corrected chi connectivity index (χ4v) is 3.31.